The van der Waals surface area contributed by atoms with Gasteiger partial charge in [-0.05, 0) is 50.2 Å². The van der Waals surface area contributed by atoms with E-state index in [2.05, 4.69) is 10.6 Å². The lowest BCUT2D eigenvalue weighted by Gasteiger charge is -2.12. The van der Waals surface area contributed by atoms with Crippen molar-refractivity contribution in [3.05, 3.63) is 70.6 Å². The zero-order valence-corrected chi connectivity index (χ0v) is 18.1. The number of aromatic nitrogens is 2. The lowest BCUT2D eigenvalue weighted by Crippen LogP contribution is -2.27. The summed E-state index contributed by atoms with van der Waals surface area (Å²) in [5.41, 5.74) is 2.11. The van der Waals surface area contributed by atoms with E-state index in [1.54, 1.807) is 37.7 Å². The van der Waals surface area contributed by atoms with Gasteiger partial charge in [0.25, 0.3) is 5.56 Å². The molecule has 0 saturated carbocycles. The van der Waals surface area contributed by atoms with Crippen LogP contribution in [-0.4, -0.2) is 26.4 Å². The molecule has 0 radical (unpaired) electrons. The molecule has 0 aliphatic carbocycles. The lowest BCUT2D eigenvalue weighted by atomic mass is 10.3. The smallest absolute Gasteiger partial charge is 0.295 e. The van der Waals surface area contributed by atoms with Crippen LogP contribution in [0.25, 0.3) is 5.69 Å². The largest absolute Gasteiger partial charge is 0.326 e. The zero-order valence-electron chi connectivity index (χ0n) is 17.3. The first-order valence-corrected chi connectivity index (χ1v) is 10.3. The van der Waals surface area contributed by atoms with Crippen LogP contribution in [0.2, 0.25) is 0 Å². The number of carbonyl (C=O) groups excluding carboxylic acids is 2. The highest BCUT2D eigenvalue weighted by molar-refractivity contribution is 8.00. The zero-order chi connectivity index (χ0) is 21.8. The van der Waals surface area contributed by atoms with Gasteiger partial charge in [-0.15, -0.1) is 11.8 Å². The average molecular weight is 425 g/mol. The molecule has 0 spiro atoms. The molecular weight excluding hydrogens is 400 g/mol. The van der Waals surface area contributed by atoms with E-state index in [0.29, 0.717) is 11.4 Å². The molecule has 1 unspecified atom stereocenters. The van der Waals surface area contributed by atoms with Gasteiger partial charge in [0, 0.05) is 24.6 Å². The first-order chi connectivity index (χ1) is 14.3. The Hall–Kier alpha value is -3.26. The molecule has 1 aromatic heterocycles. The van der Waals surface area contributed by atoms with Crippen molar-refractivity contribution in [2.45, 2.75) is 30.9 Å². The molecule has 30 heavy (non-hydrogen) atoms. The van der Waals surface area contributed by atoms with E-state index < -0.39 is 5.25 Å². The number of nitrogens with zero attached hydrogens (tertiary/aromatic N) is 2. The molecule has 1 atom stereocenters. The number of hydrogen-bond acceptors (Lipinski definition) is 4. The Balaban J connectivity index is 1.74. The summed E-state index contributed by atoms with van der Waals surface area (Å²) in [6, 6.07) is 16.5. The predicted molar refractivity (Wildman–Crippen MR) is 120 cm³/mol. The second kappa shape index (κ2) is 9.04. The van der Waals surface area contributed by atoms with Gasteiger partial charge in [-0.1, -0.05) is 18.2 Å². The van der Waals surface area contributed by atoms with E-state index in [1.807, 2.05) is 42.5 Å². The minimum atomic E-state index is -0.416. The van der Waals surface area contributed by atoms with Crippen LogP contribution < -0.4 is 16.2 Å². The number of carbonyl (C=O) groups is 2. The highest BCUT2D eigenvalue weighted by Crippen LogP contribution is 2.26. The fourth-order valence-electron chi connectivity index (χ4n) is 3.01. The molecule has 7 nitrogen and oxygen atoms in total. The summed E-state index contributed by atoms with van der Waals surface area (Å²) in [4.78, 5) is 37.7. The highest BCUT2D eigenvalue weighted by Gasteiger charge is 2.21. The summed E-state index contributed by atoms with van der Waals surface area (Å²) in [6.45, 7) is 5.04. The van der Waals surface area contributed by atoms with Gasteiger partial charge in [-0.3, -0.25) is 19.1 Å². The normalized spacial score (nSPS) is 11.7. The molecule has 1 heterocycles. The van der Waals surface area contributed by atoms with Gasteiger partial charge < -0.3 is 10.6 Å². The summed E-state index contributed by atoms with van der Waals surface area (Å²) in [7, 11) is 1.79. The summed E-state index contributed by atoms with van der Waals surface area (Å²) < 4.78 is 3.26. The third-order valence-electron chi connectivity index (χ3n) is 4.66. The third-order valence-corrected chi connectivity index (χ3v) is 5.77. The van der Waals surface area contributed by atoms with E-state index in [9.17, 15) is 14.4 Å². The van der Waals surface area contributed by atoms with E-state index >= 15 is 0 Å². The second-order valence-electron chi connectivity index (χ2n) is 6.89. The third kappa shape index (κ3) is 4.65. The molecule has 0 fully saturated rings. The predicted octanol–water partition coefficient (Wildman–Crippen LogP) is 3.56. The molecule has 0 aliphatic rings. The van der Waals surface area contributed by atoms with Crippen molar-refractivity contribution in [3.63, 3.8) is 0 Å². The van der Waals surface area contributed by atoms with Crippen molar-refractivity contribution in [3.8, 4) is 5.69 Å². The van der Waals surface area contributed by atoms with Gasteiger partial charge >= 0.3 is 0 Å². The Morgan fingerprint density at radius 1 is 1.00 bits per heavy atom. The van der Waals surface area contributed by atoms with Gasteiger partial charge in [0.2, 0.25) is 11.8 Å². The maximum absolute atomic E-state index is 12.9. The first-order valence-electron chi connectivity index (χ1n) is 9.47. The first kappa shape index (κ1) is 21.4. The van der Waals surface area contributed by atoms with Crippen molar-refractivity contribution in [1.29, 1.82) is 0 Å². The van der Waals surface area contributed by atoms with E-state index in [0.717, 1.165) is 10.6 Å². The molecule has 2 N–H and O–H groups in total. The maximum atomic E-state index is 12.9. The van der Waals surface area contributed by atoms with Crippen LogP contribution in [0.4, 0.5) is 11.4 Å². The standard InChI is InChI=1S/C22H24N4O3S/c1-14-20(22(29)26(25(14)4)18-8-6-5-7-9-18)24-21(28)15(2)30-19-12-10-17(11-13-19)23-16(3)27/h5-13,15H,1-4H3,(H,23,27)(H,24,28). The Bertz CT molecular complexity index is 1120. The van der Waals surface area contributed by atoms with Crippen LogP contribution in [0.5, 0.6) is 0 Å². The quantitative estimate of drug-likeness (QED) is 0.593. The Kier molecular flexibility index (Phi) is 6.47. The van der Waals surface area contributed by atoms with Crippen LogP contribution in [0.15, 0.2) is 64.3 Å². The van der Waals surface area contributed by atoms with Crippen LogP contribution in [-0.2, 0) is 16.6 Å². The van der Waals surface area contributed by atoms with Crippen molar-refractivity contribution in [2.24, 2.45) is 7.05 Å². The minimum absolute atomic E-state index is 0.137. The molecule has 2 amide bonds. The van der Waals surface area contributed by atoms with Crippen LogP contribution in [0.1, 0.15) is 19.5 Å². The molecular formula is C22H24N4O3S. The molecule has 3 rings (SSSR count). The van der Waals surface area contributed by atoms with Crippen LogP contribution in [0, 0.1) is 6.92 Å². The second-order valence-corrected chi connectivity index (χ2v) is 8.31. The Labute approximate surface area is 179 Å². The fraction of sp³-hybridized carbons (Fsp3) is 0.227. The summed E-state index contributed by atoms with van der Waals surface area (Å²) in [6.07, 6.45) is 0. The number of amides is 2. The van der Waals surface area contributed by atoms with Gasteiger partial charge in [0.15, 0.2) is 0 Å². The molecule has 8 heteroatoms. The molecule has 0 saturated heterocycles. The monoisotopic (exact) mass is 424 g/mol. The highest BCUT2D eigenvalue weighted by atomic mass is 32.2. The van der Waals surface area contributed by atoms with E-state index in [1.165, 1.54) is 23.4 Å². The van der Waals surface area contributed by atoms with Crippen molar-refractivity contribution in [2.75, 3.05) is 10.6 Å². The number of nitrogens with one attached hydrogen (secondary N) is 2. The number of hydrogen-bond donors (Lipinski definition) is 2. The van der Waals surface area contributed by atoms with E-state index in [-0.39, 0.29) is 23.1 Å². The van der Waals surface area contributed by atoms with Gasteiger partial charge in [-0.2, -0.15) is 0 Å². The van der Waals surface area contributed by atoms with Gasteiger partial charge in [-0.25, -0.2) is 4.68 Å². The number of thioether (sulfide) groups is 1. The lowest BCUT2D eigenvalue weighted by molar-refractivity contribution is -0.115. The number of anilines is 2. The molecule has 0 aliphatic heterocycles. The number of para-hydroxylation sites is 1. The minimum Gasteiger partial charge on any atom is -0.326 e. The molecule has 3 aromatic rings. The van der Waals surface area contributed by atoms with E-state index in [4.69, 9.17) is 0 Å². The SMILES string of the molecule is CC(=O)Nc1ccc(SC(C)C(=O)Nc2c(C)n(C)n(-c3ccccc3)c2=O)cc1. The van der Waals surface area contributed by atoms with Crippen molar-refractivity contribution < 1.29 is 9.59 Å². The van der Waals surface area contributed by atoms with Crippen LogP contribution >= 0.6 is 11.8 Å². The molecule has 2 aromatic carbocycles. The van der Waals surface area contributed by atoms with Crippen LogP contribution in [0.3, 0.4) is 0 Å². The molecule has 156 valence electrons. The summed E-state index contributed by atoms with van der Waals surface area (Å²) >= 11 is 1.38. The summed E-state index contributed by atoms with van der Waals surface area (Å²) in [5.74, 6) is -0.389. The van der Waals surface area contributed by atoms with Crippen molar-refractivity contribution in [1.82, 2.24) is 9.36 Å². The summed E-state index contributed by atoms with van der Waals surface area (Å²) in [5, 5.41) is 5.09. The van der Waals surface area contributed by atoms with Gasteiger partial charge in [0.05, 0.1) is 16.6 Å². The number of benzene rings is 2. The fourth-order valence-corrected chi connectivity index (χ4v) is 3.88. The average Bonchev–Trinajstić information content (AvgIpc) is 2.93. The van der Waals surface area contributed by atoms with Crippen molar-refractivity contribution >= 4 is 35.0 Å². The Morgan fingerprint density at radius 3 is 2.23 bits per heavy atom. The Morgan fingerprint density at radius 2 is 1.63 bits per heavy atom. The van der Waals surface area contributed by atoms with Gasteiger partial charge in [0.1, 0.15) is 5.69 Å². The molecule has 0 bridgehead atoms. The topological polar surface area (TPSA) is 85.1 Å². The number of rotatable bonds is 6. The maximum Gasteiger partial charge on any atom is 0.295 e.